The van der Waals surface area contributed by atoms with E-state index in [-0.39, 0.29) is 0 Å². The van der Waals surface area contributed by atoms with E-state index in [0.29, 0.717) is 28.3 Å². The number of benzene rings is 2. The van der Waals surface area contributed by atoms with Crippen molar-refractivity contribution in [2.45, 2.75) is 11.6 Å². The van der Waals surface area contributed by atoms with Crippen LogP contribution in [0, 0.1) is 0 Å². The molecule has 0 saturated carbocycles. The molecule has 0 radical (unpaired) electrons. The molecule has 0 aliphatic heterocycles. The Balaban J connectivity index is 1.59. The Morgan fingerprint density at radius 3 is 2.74 bits per heavy atom. The maximum absolute atomic E-state index is 5.95. The number of hydrogen-bond donors (Lipinski definition) is 0. The highest BCUT2D eigenvalue weighted by atomic mass is 35.5. The van der Waals surface area contributed by atoms with Crippen LogP contribution in [0.15, 0.2) is 47.6 Å². The molecular weight excluding hydrogens is 388 g/mol. The molecule has 0 aliphatic rings. The van der Waals surface area contributed by atoms with E-state index >= 15 is 0 Å². The van der Waals surface area contributed by atoms with Gasteiger partial charge >= 0.3 is 0 Å². The fourth-order valence-electron chi connectivity index (χ4n) is 2.35. The SMILES string of the molecule is COc1ccc(OC)c(-n2nnnc2SCCCOc2cccc(Cl)c2)c1. The number of ether oxygens (including phenoxy) is 3. The third-order valence-electron chi connectivity index (χ3n) is 3.64. The lowest BCUT2D eigenvalue weighted by molar-refractivity contribution is 0.318. The Bertz CT molecular complexity index is 891. The van der Waals surface area contributed by atoms with Crippen molar-refractivity contribution >= 4 is 23.4 Å². The van der Waals surface area contributed by atoms with Gasteiger partial charge in [-0.3, -0.25) is 0 Å². The number of tetrazole rings is 1. The first-order valence-corrected chi connectivity index (χ1v) is 9.59. The molecule has 0 N–H and O–H groups in total. The van der Waals surface area contributed by atoms with E-state index in [1.54, 1.807) is 36.7 Å². The average molecular weight is 407 g/mol. The molecular formula is C18H19ClN4O3S. The van der Waals surface area contributed by atoms with Crippen LogP contribution in [0.25, 0.3) is 5.69 Å². The summed E-state index contributed by atoms with van der Waals surface area (Å²) in [4.78, 5) is 0. The van der Waals surface area contributed by atoms with Gasteiger partial charge in [0.2, 0.25) is 5.16 Å². The van der Waals surface area contributed by atoms with Gasteiger partial charge in [-0.2, -0.15) is 4.68 Å². The smallest absolute Gasteiger partial charge is 0.214 e. The van der Waals surface area contributed by atoms with Crippen molar-refractivity contribution in [3.05, 3.63) is 47.5 Å². The zero-order chi connectivity index (χ0) is 19.1. The minimum Gasteiger partial charge on any atom is -0.497 e. The fourth-order valence-corrected chi connectivity index (χ4v) is 3.33. The molecule has 27 heavy (non-hydrogen) atoms. The number of aromatic nitrogens is 4. The molecule has 3 aromatic rings. The summed E-state index contributed by atoms with van der Waals surface area (Å²) in [6.07, 6.45) is 0.833. The lowest BCUT2D eigenvalue weighted by Crippen LogP contribution is -2.04. The van der Waals surface area contributed by atoms with E-state index in [1.807, 2.05) is 36.4 Å². The highest BCUT2D eigenvalue weighted by molar-refractivity contribution is 7.99. The molecule has 0 bridgehead atoms. The Kier molecular flexibility index (Phi) is 6.78. The van der Waals surface area contributed by atoms with E-state index in [1.165, 1.54) is 0 Å². The standard InChI is InChI=1S/C18H19ClN4O3S/c1-24-14-7-8-17(25-2)16(12-14)23-18(20-21-22-23)27-10-4-9-26-15-6-3-5-13(19)11-15/h3,5-8,11-12H,4,9-10H2,1-2H3. The molecule has 3 rings (SSSR count). The number of hydrogen-bond acceptors (Lipinski definition) is 7. The summed E-state index contributed by atoms with van der Waals surface area (Å²) in [5.74, 6) is 2.92. The molecule has 0 amide bonds. The summed E-state index contributed by atoms with van der Waals surface area (Å²) in [6, 6.07) is 12.8. The van der Waals surface area contributed by atoms with Gasteiger partial charge < -0.3 is 14.2 Å². The van der Waals surface area contributed by atoms with E-state index in [4.69, 9.17) is 25.8 Å². The normalized spacial score (nSPS) is 10.6. The molecule has 0 saturated heterocycles. The number of methoxy groups -OCH3 is 2. The van der Waals surface area contributed by atoms with Gasteiger partial charge in [0, 0.05) is 16.8 Å². The molecule has 0 unspecified atom stereocenters. The van der Waals surface area contributed by atoms with E-state index in [2.05, 4.69) is 15.5 Å². The van der Waals surface area contributed by atoms with Crippen molar-refractivity contribution in [3.63, 3.8) is 0 Å². The Labute approximate surface area is 166 Å². The van der Waals surface area contributed by atoms with Crippen molar-refractivity contribution in [2.75, 3.05) is 26.6 Å². The molecule has 0 spiro atoms. The lowest BCUT2D eigenvalue weighted by Gasteiger charge is -2.11. The summed E-state index contributed by atoms with van der Waals surface area (Å²) in [5, 5.41) is 13.3. The Hall–Kier alpha value is -2.45. The first-order valence-electron chi connectivity index (χ1n) is 8.23. The zero-order valence-electron chi connectivity index (χ0n) is 15.0. The minimum atomic E-state index is 0.581. The number of thioether (sulfide) groups is 1. The Morgan fingerprint density at radius 1 is 1.07 bits per heavy atom. The fraction of sp³-hybridized carbons (Fsp3) is 0.278. The van der Waals surface area contributed by atoms with Crippen molar-refractivity contribution in [2.24, 2.45) is 0 Å². The molecule has 0 fully saturated rings. The highest BCUT2D eigenvalue weighted by Gasteiger charge is 2.14. The van der Waals surface area contributed by atoms with E-state index in [0.717, 1.165) is 23.6 Å². The van der Waals surface area contributed by atoms with Crippen LogP contribution in [0.2, 0.25) is 5.02 Å². The maximum Gasteiger partial charge on any atom is 0.214 e. The molecule has 1 aromatic heterocycles. The number of nitrogens with zero attached hydrogens (tertiary/aromatic N) is 4. The van der Waals surface area contributed by atoms with Crippen molar-refractivity contribution in [1.82, 2.24) is 20.2 Å². The molecule has 142 valence electrons. The van der Waals surface area contributed by atoms with Gasteiger partial charge in [-0.25, -0.2) is 0 Å². The second-order valence-corrected chi connectivity index (χ2v) is 6.92. The van der Waals surface area contributed by atoms with Gasteiger partial charge in [0.1, 0.15) is 22.9 Å². The van der Waals surface area contributed by atoms with Crippen molar-refractivity contribution in [3.8, 4) is 22.9 Å². The third-order valence-corrected chi connectivity index (χ3v) is 4.88. The van der Waals surface area contributed by atoms with Crippen LogP contribution in [0.5, 0.6) is 17.2 Å². The van der Waals surface area contributed by atoms with Crippen LogP contribution in [-0.2, 0) is 0 Å². The first kappa shape index (κ1) is 19.3. The predicted molar refractivity (Wildman–Crippen MR) is 105 cm³/mol. The van der Waals surface area contributed by atoms with E-state index in [9.17, 15) is 0 Å². The summed E-state index contributed by atoms with van der Waals surface area (Å²) in [6.45, 7) is 0.581. The van der Waals surface area contributed by atoms with Gasteiger partial charge in [0.15, 0.2) is 0 Å². The third kappa shape index (κ3) is 5.05. The minimum absolute atomic E-state index is 0.581. The monoisotopic (exact) mass is 406 g/mol. The topological polar surface area (TPSA) is 71.3 Å². The van der Waals surface area contributed by atoms with Crippen LogP contribution < -0.4 is 14.2 Å². The largest absolute Gasteiger partial charge is 0.497 e. The molecule has 2 aromatic carbocycles. The summed E-state index contributed by atoms with van der Waals surface area (Å²) < 4.78 is 18.0. The zero-order valence-corrected chi connectivity index (χ0v) is 16.5. The lowest BCUT2D eigenvalue weighted by atomic mass is 10.3. The maximum atomic E-state index is 5.95. The summed E-state index contributed by atoms with van der Waals surface area (Å²) >= 11 is 7.49. The van der Waals surface area contributed by atoms with Crippen LogP contribution in [0.1, 0.15) is 6.42 Å². The predicted octanol–water partition coefficient (Wildman–Crippen LogP) is 3.89. The molecule has 7 nitrogen and oxygen atoms in total. The molecule has 0 atom stereocenters. The van der Waals surface area contributed by atoms with Gasteiger partial charge in [-0.05, 0) is 47.2 Å². The number of halogens is 1. The highest BCUT2D eigenvalue weighted by Crippen LogP contribution is 2.29. The second-order valence-electron chi connectivity index (χ2n) is 5.42. The molecule has 1 heterocycles. The van der Waals surface area contributed by atoms with Gasteiger partial charge in [0.25, 0.3) is 0 Å². The quantitative estimate of drug-likeness (QED) is 0.394. The van der Waals surface area contributed by atoms with Crippen LogP contribution in [0.3, 0.4) is 0 Å². The van der Waals surface area contributed by atoms with Gasteiger partial charge in [-0.15, -0.1) is 5.10 Å². The summed E-state index contributed by atoms with van der Waals surface area (Å²) in [5.41, 5.74) is 0.722. The average Bonchev–Trinajstić information content (AvgIpc) is 3.15. The van der Waals surface area contributed by atoms with Crippen molar-refractivity contribution in [1.29, 1.82) is 0 Å². The second kappa shape index (κ2) is 9.48. The van der Waals surface area contributed by atoms with E-state index < -0.39 is 0 Å². The van der Waals surface area contributed by atoms with Crippen molar-refractivity contribution < 1.29 is 14.2 Å². The first-order chi connectivity index (χ1) is 13.2. The summed E-state index contributed by atoms with van der Waals surface area (Å²) in [7, 11) is 3.22. The molecule has 9 heteroatoms. The van der Waals surface area contributed by atoms with Gasteiger partial charge in [-0.1, -0.05) is 29.4 Å². The van der Waals surface area contributed by atoms with Crippen LogP contribution in [-0.4, -0.2) is 46.8 Å². The number of rotatable bonds is 9. The van der Waals surface area contributed by atoms with Gasteiger partial charge in [0.05, 0.1) is 20.8 Å². The van der Waals surface area contributed by atoms with Crippen LogP contribution >= 0.6 is 23.4 Å². The van der Waals surface area contributed by atoms with Crippen LogP contribution in [0.4, 0.5) is 0 Å². The Morgan fingerprint density at radius 2 is 1.96 bits per heavy atom. The molecule has 0 aliphatic carbocycles.